The fraction of sp³-hybridized carbons (Fsp3) is 0.667. The number of aryl methyl sites for hydroxylation is 1. The molecular weight excluding hydrogens is 392 g/mol. The first-order valence-corrected chi connectivity index (χ1v) is 10.9. The fourth-order valence-electron chi connectivity index (χ4n) is 4.20. The molecule has 5 heteroatoms. The quantitative estimate of drug-likeness (QED) is 0.571. The van der Waals surface area contributed by atoms with E-state index in [9.17, 15) is 4.79 Å². The number of ether oxygens (including phenoxy) is 1. The van der Waals surface area contributed by atoms with Crippen LogP contribution in [0.2, 0.25) is 0 Å². The van der Waals surface area contributed by atoms with Crippen molar-refractivity contribution in [2.45, 2.75) is 57.9 Å². The van der Waals surface area contributed by atoms with Crippen molar-refractivity contribution in [3.8, 4) is 0 Å². The number of rotatable bonds is 8. The maximum absolute atomic E-state index is 11.7. The molecule has 0 spiro atoms. The van der Waals surface area contributed by atoms with Crippen LogP contribution >= 0.6 is 15.9 Å². The first-order valence-electron chi connectivity index (χ1n) is 10.1. The second-order valence-electron chi connectivity index (χ2n) is 7.51. The molecular formula is C21H31BrN2O2. The molecule has 1 amide bonds. The summed E-state index contributed by atoms with van der Waals surface area (Å²) in [6, 6.07) is 7.40. The Balaban J connectivity index is 1.48. The molecule has 0 aromatic heterocycles. The zero-order valence-electron chi connectivity index (χ0n) is 15.9. The maximum Gasteiger partial charge on any atom is 0.409 e. The number of fused-ring (bicyclic) bond motifs is 1. The van der Waals surface area contributed by atoms with Crippen LogP contribution in [0.1, 0.15) is 50.2 Å². The van der Waals surface area contributed by atoms with Crippen LogP contribution in [0, 0.1) is 0 Å². The van der Waals surface area contributed by atoms with Gasteiger partial charge in [0, 0.05) is 23.6 Å². The van der Waals surface area contributed by atoms with Gasteiger partial charge < -0.3 is 14.5 Å². The van der Waals surface area contributed by atoms with E-state index in [0.29, 0.717) is 12.6 Å². The maximum atomic E-state index is 11.7. The monoisotopic (exact) mass is 422 g/mol. The lowest BCUT2D eigenvalue weighted by molar-refractivity contribution is 0.0715. The van der Waals surface area contributed by atoms with E-state index in [-0.39, 0.29) is 6.09 Å². The van der Waals surface area contributed by atoms with Gasteiger partial charge in [0.15, 0.2) is 0 Å². The molecule has 0 radical (unpaired) electrons. The highest BCUT2D eigenvalue weighted by Crippen LogP contribution is 2.27. The molecule has 1 heterocycles. The summed E-state index contributed by atoms with van der Waals surface area (Å²) in [6.07, 6.45) is 7.84. The first-order chi connectivity index (χ1) is 12.7. The Labute approximate surface area is 166 Å². The number of cyclic esters (lactones) is 1. The van der Waals surface area contributed by atoms with Crippen molar-refractivity contribution < 1.29 is 9.53 Å². The lowest BCUT2D eigenvalue weighted by Crippen LogP contribution is -2.41. The van der Waals surface area contributed by atoms with E-state index >= 15 is 0 Å². The summed E-state index contributed by atoms with van der Waals surface area (Å²) in [5, 5.41) is 0. The van der Waals surface area contributed by atoms with Gasteiger partial charge in [0.25, 0.3) is 0 Å². The van der Waals surface area contributed by atoms with E-state index in [1.54, 1.807) is 0 Å². The molecule has 144 valence electrons. The van der Waals surface area contributed by atoms with Gasteiger partial charge in [-0.15, -0.1) is 0 Å². The molecule has 1 aliphatic heterocycles. The van der Waals surface area contributed by atoms with Crippen molar-refractivity contribution in [2.24, 2.45) is 0 Å². The number of hydrogen-bond donors (Lipinski definition) is 0. The van der Waals surface area contributed by atoms with Crippen molar-refractivity contribution in [3.05, 3.63) is 33.8 Å². The van der Waals surface area contributed by atoms with Gasteiger partial charge in [0.05, 0.1) is 6.61 Å². The van der Waals surface area contributed by atoms with Gasteiger partial charge in [0.1, 0.15) is 0 Å². The zero-order valence-corrected chi connectivity index (χ0v) is 17.5. The molecule has 2 aliphatic rings. The molecule has 1 fully saturated rings. The minimum absolute atomic E-state index is 0.128. The van der Waals surface area contributed by atoms with E-state index in [0.717, 1.165) is 38.9 Å². The van der Waals surface area contributed by atoms with Crippen LogP contribution in [-0.2, 0) is 17.6 Å². The van der Waals surface area contributed by atoms with Crippen LogP contribution < -0.4 is 0 Å². The zero-order chi connectivity index (χ0) is 18.4. The summed E-state index contributed by atoms with van der Waals surface area (Å²) >= 11 is 3.59. The van der Waals surface area contributed by atoms with Crippen LogP contribution in [0.5, 0.6) is 0 Å². The van der Waals surface area contributed by atoms with E-state index in [1.807, 2.05) is 4.90 Å². The molecule has 1 aromatic carbocycles. The second kappa shape index (κ2) is 9.75. The van der Waals surface area contributed by atoms with Gasteiger partial charge in [-0.05, 0) is 81.3 Å². The Morgan fingerprint density at radius 1 is 1.27 bits per heavy atom. The molecule has 0 bridgehead atoms. The van der Waals surface area contributed by atoms with Crippen LogP contribution in [0.4, 0.5) is 4.79 Å². The van der Waals surface area contributed by atoms with E-state index in [4.69, 9.17) is 4.74 Å². The average molecular weight is 423 g/mol. The van der Waals surface area contributed by atoms with Crippen LogP contribution in [0.25, 0.3) is 0 Å². The Bertz CT molecular complexity index is 608. The number of unbranched alkanes of at least 4 members (excludes halogenated alkanes) is 1. The molecule has 0 N–H and O–H groups in total. The summed E-state index contributed by atoms with van der Waals surface area (Å²) in [5.74, 6) is 0. The van der Waals surface area contributed by atoms with Crippen LogP contribution in [-0.4, -0.2) is 54.7 Å². The summed E-state index contributed by atoms with van der Waals surface area (Å²) in [6.45, 7) is 6.84. The largest absolute Gasteiger partial charge is 0.449 e. The van der Waals surface area contributed by atoms with Gasteiger partial charge in [-0.1, -0.05) is 28.9 Å². The standard InChI is InChI=1S/C21H31BrN2O2/c1-2-10-23(11-3-4-12-24-13-5-14-26-21(24)25)20-9-7-17-15-19(22)8-6-18(17)16-20/h6,8,15,20H,2-5,7,9-14,16H2,1H3. The highest BCUT2D eigenvalue weighted by atomic mass is 79.9. The number of amides is 1. The minimum atomic E-state index is -0.128. The summed E-state index contributed by atoms with van der Waals surface area (Å²) in [4.78, 5) is 16.2. The van der Waals surface area contributed by atoms with E-state index in [1.165, 1.54) is 47.8 Å². The van der Waals surface area contributed by atoms with E-state index in [2.05, 4.69) is 46.0 Å². The molecule has 1 saturated heterocycles. The molecule has 1 aliphatic carbocycles. The van der Waals surface area contributed by atoms with Crippen LogP contribution in [0.15, 0.2) is 22.7 Å². The lowest BCUT2D eigenvalue weighted by atomic mass is 9.87. The molecule has 3 rings (SSSR count). The van der Waals surface area contributed by atoms with Crippen molar-refractivity contribution in [2.75, 3.05) is 32.8 Å². The number of carbonyl (C=O) groups is 1. The smallest absolute Gasteiger partial charge is 0.409 e. The number of carbonyl (C=O) groups excluding carboxylic acids is 1. The Kier molecular flexibility index (Phi) is 7.38. The summed E-state index contributed by atoms with van der Waals surface area (Å²) < 4.78 is 6.31. The van der Waals surface area contributed by atoms with Crippen molar-refractivity contribution in [1.82, 2.24) is 9.80 Å². The topological polar surface area (TPSA) is 32.8 Å². The highest BCUT2D eigenvalue weighted by molar-refractivity contribution is 9.10. The van der Waals surface area contributed by atoms with Gasteiger partial charge >= 0.3 is 6.09 Å². The molecule has 26 heavy (non-hydrogen) atoms. The molecule has 1 atom stereocenters. The lowest BCUT2D eigenvalue weighted by Gasteiger charge is -2.35. The predicted molar refractivity (Wildman–Crippen MR) is 109 cm³/mol. The Hall–Kier alpha value is -1.07. The first kappa shape index (κ1) is 19.7. The van der Waals surface area contributed by atoms with Gasteiger partial charge in [-0.25, -0.2) is 4.79 Å². The number of nitrogens with zero attached hydrogens (tertiary/aromatic N) is 2. The summed E-state index contributed by atoms with van der Waals surface area (Å²) in [7, 11) is 0. The average Bonchev–Trinajstić information content (AvgIpc) is 2.65. The van der Waals surface area contributed by atoms with Crippen LogP contribution in [0.3, 0.4) is 0 Å². The van der Waals surface area contributed by atoms with Crippen molar-refractivity contribution in [3.63, 3.8) is 0 Å². The van der Waals surface area contributed by atoms with Gasteiger partial charge in [0.2, 0.25) is 0 Å². The normalized spacial score (nSPS) is 20.2. The Morgan fingerprint density at radius 3 is 2.96 bits per heavy atom. The third kappa shape index (κ3) is 5.23. The van der Waals surface area contributed by atoms with Gasteiger partial charge in [-0.3, -0.25) is 0 Å². The van der Waals surface area contributed by atoms with Crippen molar-refractivity contribution in [1.29, 1.82) is 0 Å². The van der Waals surface area contributed by atoms with Crippen molar-refractivity contribution >= 4 is 22.0 Å². The molecule has 1 aromatic rings. The minimum Gasteiger partial charge on any atom is -0.449 e. The Morgan fingerprint density at radius 2 is 2.15 bits per heavy atom. The third-order valence-electron chi connectivity index (χ3n) is 5.58. The third-order valence-corrected chi connectivity index (χ3v) is 6.07. The number of hydrogen-bond acceptors (Lipinski definition) is 3. The predicted octanol–water partition coefficient (Wildman–Crippen LogP) is 4.64. The van der Waals surface area contributed by atoms with E-state index < -0.39 is 0 Å². The molecule has 0 saturated carbocycles. The number of benzene rings is 1. The molecule has 4 nitrogen and oxygen atoms in total. The fourth-order valence-corrected chi connectivity index (χ4v) is 4.61. The highest BCUT2D eigenvalue weighted by Gasteiger charge is 2.24. The number of halogens is 1. The van der Waals surface area contributed by atoms with Gasteiger partial charge in [-0.2, -0.15) is 0 Å². The second-order valence-corrected chi connectivity index (χ2v) is 8.42. The summed E-state index contributed by atoms with van der Waals surface area (Å²) in [5.41, 5.74) is 3.03. The molecule has 1 unspecified atom stereocenters. The SMILES string of the molecule is CCCN(CCCCN1CCCOC1=O)C1CCc2cc(Br)ccc2C1.